The van der Waals surface area contributed by atoms with Crippen LogP contribution in [0.4, 0.5) is 0 Å². The standard InChI is InChI=1S/C15H23BrN2O3/c1-18-8-9(7-17)5-11(18)10-6-12(19-2)15(21-4)13(16)14(10)20-3/h6,9,11H,5,7-8,17H2,1-4H3. The lowest BCUT2D eigenvalue weighted by atomic mass is 9.98. The average molecular weight is 359 g/mol. The summed E-state index contributed by atoms with van der Waals surface area (Å²) in [5.74, 6) is 2.65. The van der Waals surface area contributed by atoms with Crippen LogP contribution in [0.5, 0.6) is 17.2 Å². The predicted molar refractivity (Wildman–Crippen MR) is 86.3 cm³/mol. The molecule has 118 valence electrons. The van der Waals surface area contributed by atoms with Gasteiger partial charge in [0.05, 0.1) is 21.3 Å². The average Bonchev–Trinajstić information content (AvgIpc) is 2.87. The van der Waals surface area contributed by atoms with E-state index in [1.54, 1.807) is 21.3 Å². The molecule has 0 bridgehead atoms. The fourth-order valence-electron chi connectivity index (χ4n) is 3.05. The Hall–Kier alpha value is -0.980. The third-order valence-electron chi connectivity index (χ3n) is 4.13. The molecule has 5 nitrogen and oxygen atoms in total. The lowest BCUT2D eigenvalue weighted by Gasteiger charge is -2.24. The van der Waals surface area contributed by atoms with Crippen molar-refractivity contribution in [1.82, 2.24) is 4.90 Å². The fourth-order valence-corrected chi connectivity index (χ4v) is 3.80. The van der Waals surface area contributed by atoms with Gasteiger partial charge in [0.1, 0.15) is 10.2 Å². The van der Waals surface area contributed by atoms with Crippen molar-refractivity contribution in [3.8, 4) is 17.2 Å². The van der Waals surface area contributed by atoms with Crippen molar-refractivity contribution < 1.29 is 14.2 Å². The number of nitrogens with two attached hydrogens (primary N) is 1. The van der Waals surface area contributed by atoms with Crippen LogP contribution in [0.3, 0.4) is 0 Å². The molecule has 0 aromatic heterocycles. The largest absolute Gasteiger partial charge is 0.495 e. The van der Waals surface area contributed by atoms with Gasteiger partial charge >= 0.3 is 0 Å². The molecule has 6 heteroatoms. The molecule has 2 atom stereocenters. The highest BCUT2D eigenvalue weighted by Crippen LogP contribution is 2.49. The van der Waals surface area contributed by atoms with E-state index < -0.39 is 0 Å². The highest BCUT2D eigenvalue weighted by Gasteiger charge is 2.33. The highest BCUT2D eigenvalue weighted by atomic mass is 79.9. The van der Waals surface area contributed by atoms with Crippen LogP contribution in [0.25, 0.3) is 0 Å². The first-order chi connectivity index (χ1) is 10.1. The zero-order valence-electron chi connectivity index (χ0n) is 13.0. The molecule has 1 aromatic carbocycles. The molecule has 2 rings (SSSR count). The second-order valence-corrected chi connectivity index (χ2v) is 6.13. The second kappa shape index (κ2) is 6.85. The second-order valence-electron chi connectivity index (χ2n) is 5.34. The zero-order chi connectivity index (χ0) is 15.6. The summed E-state index contributed by atoms with van der Waals surface area (Å²) in [7, 11) is 7.05. The molecule has 21 heavy (non-hydrogen) atoms. The van der Waals surface area contributed by atoms with E-state index in [2.05, 4.69) is 27.9 Å². The summed E-state index contributed by atoms with van der Waals surface area (Å²) in [6.45, 7) is 1.70. The van der Waals surface area contributed by atoms with Crippen molar-refractivity contribution in [3.63, 3.8) is 0 Å². The first-order valence-electron chi connectivity index (χ1n) is 6.96. The van der Waals surface area contributed by atoms with Crippen LogP contribution in [-0.2, 0) is 0 Å². The fraction of sp³-hybridized carbons (Fsp3) is 0.600. The van der Waals surface area contributed by atoms with Gasteiger partial charge in [-0.2, -0.15) is 0 Å². The zero-order valence-corrected chi connectivity index (χ0v) is 14.6. The summed E-state index contributed by atoms with van der Waals surface area (Å²) in [4.78, 5) is 2.31. The molecule has 0 amide bonds. The number of likely N-dealkylation sites (tertiary alicyclic amines) is 1. The van der Waals surface area contributed by atoms with E-state index in [1.165, 1.54) is 0 Å². The van der Waals surface area contributed by atoms with Crippen molar-refractivity contribution in [2.24, 2.45) is 11.7 Å². The summed E-state index contributed by atoms with van der Waals surface area (Å²) in [6, 6.07) is 2.27. The van der Waals surface area contributed by atoms with Gasteiger partial charge in [-0.05, 0) is 47.9 Å². The molecular formula is C15H23BrN2O3. The van der Waals surface area contributed by atoms with Gasteiger partial charge in [0.15, 0.2) is 11.5 Å². The van der Waals surface area contributed by atoms with Crippen molar-refractivity contribution in [3.05, 3.63) is 16.1 Å². The lowest BCUT2D eigenvalue weighted by molar-refractivity contribution is 0.297. The van der Waals surface area contributed by atoms with E-state index in [0.29, 0.717) is 24.0 Å². The number of nitrogens with zero attached hydrogens (tertiary/aromatic N) is 1. The smallest absolute Gasteiger partial charge is 0.178 e. The lowest BCUT2D eigenvalue weighted by Crippen LogP contribution is -2.21. The molecule has 2 unspecified atom stereocenters. The molecule has 0 radical (unpaired) electrons. The maximum Gasteiger partial charge on any atom is 0.178 e. The van der Waals surface area contributed by atoms with Crippen LogP contribution in [-0.4, -0.2) is 46.4 Å². The highest BCUT2D eigenvalue weighted by molar-refractivity contribution is 9.10. The molecule has 1 saturated heterocycles. The van der Waals surface area contributed by atoms with Crippen LogP contribution in [0.2, 0.25) is 0 Å². The quantitative estimate of drug-likeness (QED) is 0.875. The molecule has 1 aliphatic heterocycles. The number of halogens is 1. The first kappa shape index (κ1) is 16.4. The van der Waals surface area contributed by atoms with E-state index in [0.717, 1.165) is 28.8 Å². The van der Waals surface area contributed by atoms with Crippen LogP contribution < -0.4 is 19.9 Å². The minimum atomic E-state index is 0.268. The Morgan fingerprint density at radius 1 is 1.24 bits per heavy atom. The molecule has 1 fully saturated rings. The van der Waals surface area contributed by atoms with Crippen molar-refractivity contribution in [1.29, 1.82) is 0 Å². The summed E-state index contributed by atoms with van der Waals surface area (Å²) in [6.07, 6.45) is 1.02. The van der Waals surface area contributed by atoms with E-state index in [9.17, 15) is 0 Å². The maximum absolute atomic E-state index is 5.83. The van der Waals surface area contributed by atoms with Crippen LogP contribution in [0, 0.1) is 5.92 Å². The molecule has 2 N–H and O–H groups in total. The van der Waals surface area contributed by atoms with Gasteiger partial charge in [0.25, 0.3) is 0 Å². The third kappa shape index (κ3) is 2.98. The van der Waals surface area contributed by atoms with Gasteiger partial charge in [-0.3, -0.25) is 4.90 Å². The van der Waals surface area contributed by atoms with E-state index >= 15 is 0 Å². The Morgan fingerprint density at radius 3 is 2.38 bits per heavy atom. The van der Waals surface area contributed by atoms with Gasteiger partial charge in [0.2, 0.25) is 0 Å². The Kier molecular flexibility index (Phi) is 5.35. The normalized spacial score (nSPS) is 22.4. The van der Waals surface area contributed by atoms with Crippen LogP contribution in [0.15, 0.2) is 10.5 Å². The van der Waals surface area contributed by atoms with Crippen molar-refractivity contribution >= 4 is 15.9 Å². The Bertz CT molecular complexity index is 510. The van der Waals surface area contributed by atoms with E-state index in [1.807, 2.05) is 6.07 Å². The number of hydrogen-bond acceptors (Lipinski definition) is 5. The maximum atomic E-state index is 5.83. The Balaban J connectivity index is 2.50. The number of rotatable bonds is 5. The van der Waals surface area contributed by atoms with Gasteiger partial charge in [-0.1, -0.05) is 0 Å². The number of hydrogen-bond donors (Lipinski definition) is 1. The molecule has 1 aromatic rings. The Morgan fingerprint density at radius 2 is 1.90 bits per heavy atom. The van der Waals surface area contributed by atoms with Gasteiger partial charge in [-0.15, -0.1) is 0 Å². The SMILES string of the molecule is COc1cc(C2CC(CN)CN2C)c(OC)c(Br)c1OC. The summed E-state index contributed by atoms with van der Waals surface area (Å²) in [5.41, 5.74) is 6.92. The first-order valence-corrected chi connectivity index (χ1v) is 7.75. The topological polar surface area (TPSA) is 57.0 Å². The molecule has 1 aliphatic rings. The van der Waals surface area contributed by atoms with Gasteiger partial charge < -0.3 is 19.9 Å². The number of benzene rings is 1. The van der Waals surface area contributed by atoms with Gasteiger partial charge in [0, 0.05) is 18.2 Å². The van der Waals surface area contributed by atoms with Crippen molar-refractivity contribution in [2.75, 3.05) is 41.5 Å². The molecular weight excluding hydrogens is 336 g/mol. The summed E-state index contributed by atoms with van der Waals surface area (Å²) in [5, 5.41) is 0. The van der Waals surface area contributed by atoms with Crippen LogP contribution >= 0.6 is 15.9 Å². The number of methoxy groups -OCH3 is 3. The third-order valence-corrected chi connectivity index (χ3v) is 4.85. The molecule has 0 aliphatic carbocycles. The summed E-state index contributed by atoms with van der Waals surface area (Å²) < 4.78 is 17.3. The number of ether oxygens (including phenoxy) is 3. The monoisotopic (exact) mass is 358 g/mol. The van der Waals surface area contributed by atoms with Crippen molar-refractivity contribution in [2.45, 2.75) is 12.5 Å². The van der Waals surface area contributed by atoms with E-state index in [4.69, 9.17) is 19.9 Å². The molecule has 1 heterocycles. The van der Waals surface area contributed by atoms with E-state index in [-0.39, 0.29) is 6.04 Å². The Labute approximate surface area is 134 Å². The minimum Gasteiger partial charge on any atom is -0.495 e. The minimum absolute atomic E-state index is 0.268. The van der Waals surface area contributed by atoms with Gasteiger partial charge in [-0.25, -0.2) is 0 Å². The van der Waals surface area contributed by atoms with Crippen LogP contribution in [0.1, 0.15) is 18.0 Å². The predicted octanol–water partition coefficient (Wildman–Crippen LogP) is 2.43. The molecule has 0 saturated carbocycles. The summed E-state index contributed by atoms with van der Waals surface area (Å²) >= 11 is 3.57. The molecule has 0 spiro atoms.